The Bertz CT molecular complexity index is 934. The van der Waals surface area contributed by atoms with E-state index in [0.29, 0.717) is 30.4 Å². The molecule has 1 unspecified atom stereocenters. The Morgan fingerprint density at radius 3 is 2.67 bits per heavy atom. The lowest BCUT2D eigenvalue weighted by atomic mass is 9.98. The summed E-state index contributed by atoms with van der Waals surface area (Å²) < 4.78 is 27.6. The van der Waals surface area contributed by atoms with Crippen LogP contribution in [0.4, 0.5) is 0 Å². The molecule has 0 aromatic carbocycles. The summed E-state index contributed by atoms with van der Waals surface area (Å²) in [5.74, 6) is 0.126. The smallest absolute Gasteiger partial charge is 0.262 e. The number of hydrogen-bond acceptors (Lipinski definition) is 6. The predicted octanol–water partition coefficient (Wildman–Crippen LogP) is 3.63. The summed E-state index contributed by atoms with van der Waals surface area (Å²) in [6.07, 6.45) is 5.04. The molecule has 4 heterocycles. The van der Waals surface area contributed by atoms with Crippen molar-refractivity contribution in [2.75, 3.05) is 32.7 Å². The summed E-state index contributed by atoms with van der Waals surface area (Å²) >= 11 is 2.99. The van der Waals surface area contributed by atoms with Gasteiger partial charge in [-0.25, -0.2) is 8.42 Å². The van der Waals surface area contributed by atoms with Gasteiger partial charge < -0.3 is 5.32 Å². The van der Waals surface area contributed by atoms with Crippen molar-refractivity contribution >= 4 is 38.6 Å². The van der Waals surface area contributed by atoms with Gasteiger partial charge in [0.15, 0.2) is 0 Å². The maximum absolute atomic E-state index is 13.0. The second kappa shape index (κ2) is 9.91. The van der Waals surface area contributed by atoms with Crippen LogP contribution in [0.15, 0.2) is 33.9 Å². The summed E-state index contributed by atoms with van der Waals surface area (Å²) in [5.41, 5.74) is 0. The summed E-state index contributed by atoms with van der Waals surface area (Å²) in [7, 11) is -3.60. The van der Waals surface area contributed by atoms with Gasteiger partial charge in [-0.2, -0.15) is 4.31 Å². The van der Waals surface area contributed by atoms with Crippen LogP contribution in [-0.2, 0) is 16.6 Å². The van der Waals surface area contributed by atoms with E-state index in [-0.39, 0.29) is 10.8 Å². The van der Waals surface area contributed by atoms with Crippen LogP contribution >= 0.6 is 22.7 Å². The standard InChI is InChI=1S/C21H29N3O3S3/c25-21(20-19(8-13-29-20)30(26,27)24-10-2-1-3-11-24)22-14-17-6-4-9-23(15-17)16-18-7-5-12-28-18/h5,7-8,12-13,17H,1-4,6,9-11,14-16H2,(H,22,25). The van der Waals surface area contributed by atoms with Crippen LogP contribution < -0.4 is 5.32 Å². The van der Waals surface area contributed by atoms with E-state index in [1.807, 2.05) is 0 Å². The molecule has 2 saturated heterocycles. The maximum atomic E-state index is 13.0. The number of hydrogen-bond donors (Lipinski definition) is 1. The molecule has 2 aliphatic rings. The molecular formula is C21H29N3O3S3. The first-order chi connectivity index (χ1) is 14.5. The molecule has 1 atom stereocenters. The predicted molar refractivity (Wildman–Crippen MR) is 122 cm³/mol. The van der Waals surface area contributed by atoms with Crippen LogP contribution in [-0.4, -0.2) is 56.3 Å². The second-order valence-electron chi connectivity index (χ2n) is 8.11. The minimum absolute atomic E-state index is 0.162. The zero-order chi connectivity index (χ0) is 21.0. The normalized spacial score (nSPS) is 21.5. The third-order valence-electron chi connectivity index (χ3n) is 5.88. The van der Waals surface area contributed by atoms with E-state index < -0.39 is 10.0 Å². The second-order valence-corrected chi connectivity index (χ2v) is 12.0. The van der Waals surface area contributed by atoms with Crippen molar-refractivity contribution < 1.29 is 13.2 Å². The van der Waals surface area contributed by atoms with Crippen LogP contribution in [0.25, 0.3) is 0 Å². The molecule has 2 fully saturated rings. The molecule has 30 heavy (non-hydrogen) atoms. The van der Waals surface area contributed by atoms with Gasteiger partial charge in [0.1, 0.15) is 9.77 Å². The van der Waals surface area contributed by atoms with E-state index >= 15 is 0 Å². The summed E-state index contributed by atoms with van der Waals surface area (Å²) in [4.78, 5) is 17.1. The molecule has 1 amide bonds. The van der Waals surface area contributed by atoms with Gasteiger partial charge in [-0.15, -0.1) is 22.7 Å². The number of likely N-dealkylation sites (tertiary alicyclic amines) is 1. The van der Waals surface area contributed by atoms with Crippen molar-refractivity contribution in [3.8, 4) is 0 Å². The number of carbonyl (C=O) groups excluding carboxylic acids is 1. The van der Waals surface area contributed by atoms with Gasteiger partial charge in [0.2, 0.25) is 10.0 Å². The van der Waals surface area contributed by atoms with Crippen LogP contribution in [0.2, 0.25) is 0 Å². The van der Waals surface area contributed by atoms with Crippen molar-refractivity contribution in [2.45, 2.75) is 43.5 Å². The molecule has 164 valence electrons. The van der Waals surface area contributed by atoms with E-state index in [4.69, 9.17) is 0 Å². The zero-order valence-electron chi connectivity index (χ0n) is 17.1. The fourth-order valence-electron chi connectivity index (χ4n) is 4.31. The average Bonchev–Trinajstić information content (AvgIpc) is 3.45. The SMILES string of the molecule is O=C(NCC1CCCN(Cc2cccs2)C1)c1sccc1S(=O)(=O)N1CCCCC1. The lowest BCUT2D eigenvalue weighted by molar-refractivity contribution is 0.0932. The Kier molecular flexibility index (Phi) is 7.25. The van der Waals surface area contributed by atoms with Crippen molar-refractivity contribution in [2.24, 2.45) is 5.92 Å². The number of piperidine rings is 2. The minimum atomic E-state index is -3.60. The van der Waals surface area contributed by atoms with Gasteiger partial charge in [-0.05, 0) is 61.0 Å². The Hall–Kier alpha value is -1.26. The zero-order valence-corrected chi connectivity index (χ0v) is 19.5. The fourth-order valence-corrected chi connectivity index (χ4v) is 7.89. The molecule has 0 bridgehead atoms. The highest BCUT2D eigenvalue weighted by atomic mass is 32.2. The highest BCUT2D eigenvalue weighted by Gasteiger charge is 2.31. The monoisotopic (exact) mass is 467 g/mol. The largest absolute Gasteiger partial charge is 0.351 e. The lowest BCUT2D eigenvalue weighted by Gasteiger charge is -2.32. The number of rotatable bonds is 7. The summed E-state index contributed by atoms with van der Waals surface area (Å²) in [6, 6.07) is 5.82. The number of nitrogens with one attached hydrogen (secondary N) is 1. The molecule has 2 aliphatic heterocycles. The Labute approximate surface area is 186 Å². The van der Waals surface area contributed by atoms with Crippen molar-refractivity contribution in [3.63, 3.8) is 0 Å². The van der Waals surface area contributed by atoms with Crippen molar-refractivity contribution in [3.05, 3.63) is 38.7 Å². The first-order valence-corrected chi connectivity index (χ1v) is 13.8. The number of carbonyl (C=O) groups is 1. The lowest BCUT2D eigenvalue weighted by Crippen LogP contribution is -2.41. The molecule has 6 nitrogen and oxygen atoms in total. The van der Waals surface area contributed by atoms with Gasteiger partial charge in [0, 0.05) is 37.6 Å². The molecule has 9 heteroatoms. The van der Waals surface area contributed by atoms with Gasteiger partial charge in [-0.3, -0.25) is 9.69 Å². The van der Waals surface area contributed by atoms with E-state index in [2.05, 4.69) is 27.7 Å². The molecule has 0 aliphatic carbocycles. The van der Waals surface area contributed by atoms with Crippen LogP contribution in [0, 0.1) is 5.92 Å². The number of nitrogens with zero attached hydrogens (tertiary/aromatic N) is 2. The quantitative estimate of drug-likeness (QED) is 0.675. The van der Waals surface area contributed by atoms with E-state index in [1.165, 1.54) is 20.5 Å². The highest BCUT2D eigenvalue weighted by Crippen LogP contribution is 2.27. The first kappa shape index (κ1) is 22.0. The van der Waals surface area contributed by atoms with Crippen molar-refractivity contribution in [1.29, 1.82) is 0 Å². The third kappa shape index (κ3) is 5.13. The molecule has 2 aromatic heterocycles. The van der Waals surface area contributed by atoms with E-state index in [9.17, 15) is 13.2 Å². The number of amides is 1. The molecule has 4 rings (SSSR count). The number of thiophene rings is 2. The van der Waals surface area contributed by atoms with Crippen LogP contribution in [0.1, 0.15) is 46.7 Å². The third-order valence-corrected chi connectivity index (χ3v) is 9.73. The van der Waals surface area contributed by atoms with Crippen LogP contribution in [0.3, 0.4) is 0 Å². The Balaban J connectivity index is 1.35. The minimum Gasteiger partial charge on any atom is -0.351 e. The maximum Gasteiger partial charge on any atom is 0.262 e. The average molecular weight is 468 g/mol. The number of sulfonamides is 1. The van der Waals surface area contributed by atoms with E-state index in [0.717, 1.165) is 51.7 Å². The molecular weight excluding hydrogens is 438 g/mol. The van der Waals surface area contributed by atoms with Crippen LogP contribution in [0.5, 0.6) is 0 Å². The van der Waals surface area contributed by atoms with Gasteiger partial charge in [0.05, 0.1) is 0 Å². The summed E-state index contributed by atoms with van der Waals surface area (Å²) in [6.45, 7) is 4.68. The van der Waals surface area contributed by atoms with Gasteiger partial charge >= 0.3 is 0 Å². The van der Waals surface area contributed by atoms with Gasteiger partial charge in [0.25, 0.3) is 5.91 Å². The molecule has 0 radical (unpaired) electrons. The molecule has 0 spiro atoms. The molecule has 2 aromatic rings. The molecule has 0 saturated carbocycles. The van der Waals surface area contributed by atoms with Crippen molar-refractivity contribution in [1.82, 2.24) is 14.5 Å². The highest BCUT2D eigenvalue weighted by molar-refractivity contribution is 7.89. The summed E-state index contributed by atoms with van der Waals surface area (Å²) in [5, 5.41) is 6.82. The topological polar surface area (TPSA) is 69.7 Å². The first-order valence-electron chi connectivity index (χ1n) is 10.6. The Morgan fingerprint density at radius 1 is 1.07 bits per heavy atom. The van der Waals surface area contributed by atoms with Gasteiger partial charge in [-0.1, -0.05) is 12.5 Å². The Morgan fingerprint density at radius 2 is 1.90 bits per heavy atom. The van der Waals surface area contributed by atoms with E-state index in [1.54, 1.807) is 22.8 Å². The fraction of sp³-hybridized carbons (Fsp3) is 0.571. The molecule has 1 N–H and O–H groups in total.